The first kappa shape index (κ1) is 20.1. The summed E-state index contributed by atoms with van der Waals surface area (Å²) in [6.07, 6.45) is 5.19. The molecule has 2 unspecified atom stereocenters. The molecule has 0 spiro atoms. The van der Waals surface area contributed by atoms with E-state index in [9.17, 15) is 9.00 Å². The van der Waals surface area contributed by atoms with E-state index in [1.807, 2.05) is 55.5 Å². The maximum absolute atomic E-state index is 13.2. The lowest BCUT2D eigenvalue weighted by molar-refractivity contribution is -0.136. The highest BCUT2D eigenvalue weighted by molar-refractivity contribution is 7.84. The molecule has 0 aliphatic carbocycles. The van der Waals surface area contributed by atoms with Gasteiger partial charge in [-0.2, -0.15) is 0 Å². The summed E-state index contributed by atoms with van der Waals surface area (Å²) in [6.45, 7) is 6.15. The first-order valence-corrected chi connectivity index (χ1v) is 10.4. The van der Waals surface area contributed by atoms with Crippen LogP contribution < -0.4 is 0 Å². The molecule has 0 amide bonds. The molecule has 5 nitrogen and oxygen atoms in total. The minimum Gasteiger partial charge on any atom is -0.466 e. The van der Waals surface area contributed by atoms with Gasteiger partial charge in [0, 0.05) is 35.3 Å². The van der Waals surface area contributed by atoms with Gasteiger partial charge < -0.3 is 9.72 Å². The van der Waals surface area contributed by atoms with Gasteiger partial charge >= 0.3 is 5.97 Å². The van der Waals surface area contributed by atoms with E-state index in [1.165, 1.54) is 7.11 Å². The van der Waals surface area contributed by atoms with Crippen molar-refractivity contribution >= 4 is 39.5 Å². The number of methoxy groups -OCH3 is 1. The Morgan fingerprint density at radius 3 is 2.81 bits per heavy atom. The van der Waals surface area contributed by atoms with Crippen molar-refractivity contribution in [2.24, 2.45) is 0 Å². The van der Waals surface area contributed by atoms with E-state index >= 15 is 0 Å². The Balaban J connectivity index is 1.94. The number of carbonyl (C=O) groups excluding carboxylic acids is 1. The zero-order chi connectivity index (χ0) is 19.8. The van der Waals surface area contributed by atoms with Crippen LogP contribution in [0.15, 0.2) is 36.0 Å². The van der Waals surface area contributed by atoms with E-state index in [-0.39, 0.29) is 12.0 Å². The van der Waals surface area contributed by atoms with Crippen LogP contribution in [0.1, 0.15) is 32.8 Å². The van der Waals surface area contributed by atoms with Gasteiger partial charge in [0.1, 0.15) is 11.0 Å². The molecule has 1 aromatic heterocycles. The first-order valence-electron chi connectivity index (χ1n) is 8.93. The molecule has 0 saturated carbocycles. The third-order valence-electron chi connectivity index (χ3n) is 4.75. The summed E-state index contributed by atoms with van der Waals surface area (Å²) in [4.78, 5) is 15.2. The van der Waals surface area contributed by atoms with Crippen LogP contribution in [0.3, 0.4) is 0 Å². The van der Waals surface area contributed by atoms with Crippen LogP contribution in [0, 0.1) is 0 Å². The minimum absolute atomic E-state index is 0.00809. The van der Waals surface area contributed by atoms with Gasteiger partial charge in [-0.05, 0) is 51.3 Å². The Hall–Kier alpha value is -1.63. The smallest absolute Gasteiger partial charge is 0.334 e. The average molecular weight is 409 g/mol. The van der Waals surface area contributed by atoms with E-state index < -0.39 is 15.7 Å². The monoisotopic (exact) mass is 408 g/mol. The Morgan fingerprint density at radius 1 is 1.41 bits per heavy atom. The second-order valence-corrected chi connectivity index (χ2v) is 10.3. The SMILES string of the molecule is COC(=O)C1=CCC(Cc2c[nH]c3cccc(Cl)c23)N(S(=O)C(C)(C)C)C1. The largest absolute Gasteiger partial charge is 0.466 e. The van der Waals surface area contributed by atoms with Gasteiger partial charge in [-0.15, -0.1) is 0 Å². The molecule has 7 heteroatoms. The van der Waals surface area contributed by atoms with Crippen LogP contribution in [-0.4, -0.2) is 43.9 Å². The summed E-state index contributed by atoms with van der Waals surface area (Å²) >= 11 is 6.41. The molecule has 0 bridgehead atoms. The van der Waals surface area contributed by atoms with Crippen molar-refractivity contribution in [3.63, 3.8) is 0 Å². The summed E-state index contributed by atoms with van der Waals surface area (Å²) in [5.74, 6) is -0.362. The number of H-pyrrole nitrogens is 1. The summed E-state index contributed by atoms with van der Waals surface area (Å²) in [6, 6.07) is 5.79. The predicted octanol–water partition coefficient (Wildman–Crippen LogP) is 4.00. The van der Waals surface area contributed by atoms with Crippen LogP contribution in [0.5, 0.6) is 0 Å². The molecule has 2 atom stereocenters. The lowest BCUT2D eigenvalue weighted by Crippen LogP contribution is -2.48. The number of halogens is 1. The quantitative estimate of drug-likeness (QED) is 0.777. The summed E-state index contributed by atoms with van der Waals surface area (Å²) in [5.41, 5.74) is 2.64. The number of benzene rings is 1. The molecule has 3 rings (SSSR count). The standard InChI is InChI=1S/C20H25ClN2O3S/c1-20(2,3)27(25)23-12-13(19(24)26-4)8-9-15(23)10-14-11-22-17-7-5-6-16(21)18(14)17/h5-8,11,15,22H,9-10,12H2,1-4H3. The fourth-order valence-electron chi connectivity index (χ4n) is 3.39. The van der Waals surface area contributed by atoms with Crippen molar-refractivity contribution in [3.8, 4) is 0 Å². The second-order valence-electron chi connectivity index (χ2n) is 7.73. The summed E-state index contributed by atoms with van der Waals surface area (Å²) < 4.78 is 19.5. The van der Waals surface area contributed by atoms with Crippen LogP contribution >= 0.6 is 11.6 Å². The Kier molecular flexibility index (Phi) is 5.79. The van der Waals surface area contributed by atoms with Gasteiger partial charge in [0.25, 0.3) is 0 Å². The Morgan fingerprint density at radius 2 is 2.15 bits per heavy atom. The Bertz CT molecular complexity index is 914. The molecule has 146 valence electrons. The second kappa shape index (κ2) is 7.78. The van der Waals surface area contributed by atoms with Gasteiger partial charge in [0.15, 0.2) is 0 Å². The molecule has 1 aliphatic rings. The number of aromatic nitrogens is 1. The molecular weight excluding hydrogens is 384 g/mol. The van der Waals surface area contributed by atoms with E-state index in [0.717, 1.165) is 16.5 Å². The van der Waals surface area contributed by atoms with E-state index in [1.54, 1.807) is 0 Å². The number of nitrogens with zero attached hydrogens (tertiary/aromatic N) is 1. The van der Waals surface area contributed by atoms with Crippen LogP contribution in [0.2, 0.25) is 5.02 Å². The fourth-order valence-corrected chi connectivity index (χ4v) is 5.08. The average Bonchev–Trinajstić information content (AvgIpc) is 3.04. The Labute approximate surface area is 167 Å². The van der Waals surface area contributed by atoms with Crippen molar-refractivity contribution in [3.05, 3.63) is 46.6 Å². The third kappa shape index (κ3) is 4.13. The number of carbonyl (C=O) groups is 1. The number of fused-ring (bicyclic) bond motifs is 1. The molecule has 1 N–H and O–H groups in total. The molecule has 2 aromatic rings. The van der Waals surface area contributed by atoms with Crippen LogP contribution in [-0.2, 0) is 26.9 Å². The molecule has 0 saturated heterocycles. The highest BCUT2D eigenvalue weighted by atomic mass is 35.5. The van der Waals surface area contributed by atoms with E-state index in [2.05, 4.69) is 4.98 Å². The van der Waals surface area contributed by atoms with Crippen LogP contribution in [0.4, 0.5) is 0 Å². The molecule has 2 heterocycles. The zero-order valence-electron chi connectivity index (χ0n) is 16.0. The highest BCUT2D eigenvalue weighted by Crippen LogP contribution is 2.31. The fraction of sp³-hybridized carbons (Fsp3) is 0.450. The van der Waals surface area contributed by atoms with Crippen molar-refractivity contribution < 1.29 is 13.7 Å². The van der Waals surface area contributed by atoms with Gasteiger partial charge in [-0.3, -0.25) is 0 Å². The zero-order valence-corrected chi connectivity index (χ0v) is 17.6. The number of esters is 1. The van der Waals surface area contributed by atoms with Gasteiger partial charge in [0.05, 0.1) is 16.9 Å². The normalized spacial score (nSPS) is 19.7. The molecule has 27 heavy (non-hydrogen) atoms. The number of hydrogen-bond donors (Lipinski definition) is 1. The number of aromatic amines is 1. The maximum atomic E-state index is 13.2. The van der Waals surface area contributed by atoms with Crippen molar-refractivity contribution in [2.75, 3.05) is 13.7 Å². The van der Waals surface area contributed by atoms with Gasteiger partial charge in [0.2, 0.25) is 0 Å². The van der Waals surface area contributed by atoms with Crippen LogP contribution in [0.25, 0.3) is 10.9 Å². The molecule has 1 aromatic carbocycles. The predicted molar refractivity (Wildman–Crippen MR) is 110 cm³/mol. The minimum atomic E-state index is -1.25. The molecule has 0 radical (unpaired) electrons. The topological polar surface area (TPSA) is 62.4 Å². The third-order valence-corrected chi connectivity index (χ3v) is 6.96. The van der Waals surface area contributed by atoms with Gasteiger partial charge in [-0.25, -0.2) is 13.3 Å². The number of rotatable bonds is 4. The molecule has 1 aliphatic heterocycles. The van der Waals surface area contributed by atoms with Crippen molar-refractivity contribution in [1.29, 1.82) is 0 Å². The number of ether oxygens (including phenoxy) is 1. The van der Waals surface area contributed by atoms with Gasteiger partial charge in [-0.1, -0.05) is 23.7 Å². The highest BCUT2D eigenvalue weighted by Gasteiger charge is 2.35. The summed E-state index contributed by atoms with van der Waals surface area (Å²) in [5, 5.41) is 1.71. The maximum Gasteiger partial charge on any atom is 0.334 e. The van der Waals surface area contributed by atoms with E-state index in [4.69, 9.17) is 16.3 Å². The van der Waals surface area contributed by atoms with E-state index in [0.29, 0.717) is 30.0 Å². The number of nitrogens with one attached hydrogen (secondary N) is 1. The first-order chi connectivity index (χ1) is 12.7. The molecular formula is C20H25ClN2O3S. The summed E-state index contributed by atoms with van der Waals surface area (Å²) in [7, 11) is 0.117. The van der Waals surface area contributed by atoms with Crippen molar-refractivity contribution in [1.82, 2.24) is 9.29 Å². The number of hydrogen-bond acceptors (Lipinski definition) is 3. The lowest BCUT2D eigenvalue weighted by atomic mass is 9.98. The lowest BCUT2D eigenvalue weighted by Gasteiger charge is -2.37. The van der Waals surface area contributed by atoms with Crippen molar-refractivity contribution in [2.45, 2.75) is 44.4 Å². The molecule has 0 fully saturated rings.